The molecule has 0 saturated carbocycles. The number of carbonyl (C=O) groups is 2. The van der Waals surface area contributed by atoms with Gasteiger partial charge in [-0.3, -0.25) is 14.9 Å². The minimum atomic E-state index is -4.62. The van der Waals surface area contributed by atoms with Gasteiger partial charge in [-0.1, -0.05) is 44.2 Å². The number of rotatable bonds is 4. The van der Waals surface area contributed by atoms with E-state index in [1.165, 1.54) is 13.2 Å². The number of halogens is 3. The molecular formula is C21H22F3N5O3. The van der Waals surface area contributed by atoms with E-state index in [9.17, 15) is 22.8 Å². The van der Waals surface area contributed by atoms with Gasteiger partial charge in [0.2, 0.25) is 0 Å². The maximum absolute atomic E-state index is 13.8. The molecular weight excluding hydrogens is 427 g/mol. The van der Waals surface area contributed by atoms with Gasteiger partial charge in [0.1, 0.15) is 24.0 Å². The highest BCUT2D eigenvalue weighted by Crippen LogP contribution is 2.41. The third kappa shape index (κ3) is 3.83. The summed E-state index contributed by atoms with van der Waals surface area (Å²) in [6.45, 7) is 5.26. The van der Waals surface area contributed by atoms with E-state index >= 15 is 0 Å². The molecule has 170 valence electrons. The van der Waals surface area contributed by atoms with Crippen LogP contribution in [0.1, 0.15) is 43.9 Å². The van der Waals surface area contributed by atoms with Gasteiger partial charge in [0, 0.05) is 5.70 Å². The molecule has 8 nitrogen and oxygen atoms in total. The van der Waals surface area contributed by atoms with Crippen LogP contribution in [-0.4, -0.2) is 40.2 Å². The number of anilines is 1. The number of benzene rings is 1. The fourth-order valence-electron chi connectivity index (χ4n) is 3.93. The molecule has 2 aliphatic heterocycles. The third-order valence-electron chi connectivity index (χ3n) is 5.53. The van der Waals surface area contributed by atoms with Crippen molar-refractivity contribution < 1.29 is 27.2 Å². The lowest BCUT2D eigenvalue weighted by molar-refractivity contribution is -0.161. The van der Waals surface area contributed by atoms with E-state index in [2.05, 4.69) is 21.0 Å². The van der Waals surface area contributed by atoms with Crippen molar-refractivity contribution in [2.45, 2.75) is 51.0 Å². The summed E-state index contributed by atoms with van der Waals surface area (Å²) in [5.74, 6) is -2.75. The van der Waals surface area contributed by atoms with Crippen molar-refractivity contribution in [2.75, 3.05) is 5.32 Å². The first-order valence-electron chi connectivity index (χ1n) is 10.0. The molecule has 2 aromatic rings. The van der Waals surface area contributed by atoms with Crippen molar-refractivity contribution in [3.63, 3.8) is 0 Å². The summed E-state index contributed by atoms with van der Waals surface area (Å²) in [5, 5.41) is 6.15. The van der Waals surface area contributed by atoms with Crippen LogP contribution in [0.15, 0.2) is 52.3 Å². The summed E-state index contributed by atoms with van der Waals surface area (Å²) in [6, 6.07) is 6.03. The first kappa shape index (κ1) is 21.9. The molecule has 3 unspecified atom stereocenters. The largest absolute Gasteiger partial charge is 0.432 e. The van der Waals surface area contributed by atoms with E-state index in [0.717, 1.165) is 5.01 Å². The Kier molecular flexibility index (Phi) is 5.45. The molecule has 32 heavy (non-hydrogen) atoms. The van der Waals surface area contributed by atoms with Gasteiger partial charge >= 0.3 is 12.2 Å². The van der Waals surface area contributed by atoms with Crippen LogP contribution >= 0.6 is 0 Å². The van der Waals surface area contributed by atoms with Gasteiger partial charge in [0.05, 0.1) is 11.6 Å². The number of hydrogen-bond acceptors (Lipinski definition) is 6. The maximum atomic E-state index is 13.8. The minimum Gasteiger partial charge on any atom is -0.432 e. The predicted octanol–water partition coefficient (Wildman–Crippen LogP) is 3.00. The summed E-state index contributed by atoms with van der Waals surface area (Å²) in [4.78, 5) is 30.0. The molecule has 0 aliphatic carbocycles. The number of carbonyl (C=O) groups excluding carboxylic acids is 2. The molecule has 3 atom stereocenters. The van der Waals surface area contributed by atoms with Gasteiger partial charge in [0.15, 0.2) is 0 Å². The zero-order chi connectivity index (χ0) is 23.2. The fourth-order valence-corrected chi connectivity index (χ4v) is 3.93. The lowest BCUT2D eigenvalue weighted by atomic mass is 9.89. The standard InChI is InChI=1S/C21H22F3N5O3/c1-10(2)13-9-32-20(26-13)27-18(30)14-11(3)25-17-15(12-7-5-4-6-8-12)16(21(22,23)24)28-29(17)19(14)31/h4-10,15-17,25,28H,1-3H3,(H,26,27,30). The molecule has 4 rings (SSSR count). The predicted molar refractivity (Wildman–Crippen MR) is 108 cm³/mol. The Morgan fingerprint density at radius 2 is 1.94 bits per heavy atom. The minimum absolute atomic E-state index is 0.0621. The normalized spacial score (nSPS) is 23.4. The van der Waals surface area contributed by atoms with E-state index < -0.39 is 36.1 Å². The average Bonchev–Trinajstić information content (AvgIpc) is 3.33. The quantitative estimate of drug-likeness (QED) is 0.621. The van der Waals surface area contributed by atoms with Crippen molar-refractivity contribution in [3.8, 4) is 0 Å². The highest BCUT2D eigenvalue weighted by atomic mass is 19.4. The number of aromatic nitrogens is 1. The Bertz CT molecular complexity index is 1060. The van der Waals surface area contributed by atoms with Crippen LogP contribution in [0.4, 0.5) is 19.2 Å². The number of alkyl halides is 3. The number of nitrogens with one attached hydrogen (secondary N) is 3. The Hall–Kier alpha value is -3.34. The fraction of sp³-hybridized carbons (Fsp3) is 0.381. The number of allylic oxidation sites excluding steroid dienone is 1. The molecule has 2 amide bonds. The molecule has 1 aromatic heterocycles. The second-order valence-electron chi connectivity index (χ2n) is 8.04. The first-order valence-corrected chi connectivity index (χ1v) is 10.0. The zero-order valence-electron chi connectivity index (χ0n) is 17.5. The molecule has 1 saturated heterocycles. The Morgan fingerprint density at radius 1 is 1.25 bits per heavy atom. The van der Waals surface area contributed by atoms with Crippen LogP contribution in [0.25, 0.3) is 0 Å². The molecule has 0 spiro atoms. The topological polar surface area (TPSA) is 99.5 Å². The lowest BCUT2D eigenvalue weighted by Crippen LogP contribution is -2.56. The number of hydrogen-bond donors (Lipinski definition) is 3. The summed E-state index contributed by atoms with van der Waals surface area (Å²) >= 11 is 0. The smallest absolute Gasteiger partial charge is 0.406 e. The summed E-state index contributed by atoms with van der Waals surface area (Å²) in [7, 11) is 0. The van der Waals surface area contributed by atoms with Crippen LogP contribution < -0.4 is 16.1 Å². The lowest BCUT2D eigenvalue weighted by Gasteiger charge is -2.34. The Balaban J connectivity index is 1.63. The maximum Gasteiger partial charge on any atom is 0.406 e. The molecule has 3 heterocycles. The molecule has 0 bridgehead atoms. The van der Waals surface area contributed by atoms with Gasteiger partial charge < -0.3 is 9.73 Å². The number of hydrazine groups is 1. The van der Waals surface area contributed by atoms with Crippen LogP contribution in [0.5, 0.6) is 0 Å². The molecule has 0 radical (unpaired) electrons. The SMILES string of the molecule is CC1=C(C(=O)Nc2nc(C(C)C)co2)C(=O)N2NC(C(F)(F)F)C(c3ccccc3)C2N1. The Morgan fingerprint density at radius 3 is 2.53 bits per heavy atom. The zero-order valence-corrected chi connectivity index (χ0v) is 17.5. The summed E-state index contributed by atoms with van der Waals surface area (Å²) in [5.41, 5.74) is 3.12. The number of nitrogens with zero attached hydrogens (tertiary/aromatic N) is 2. The van der Waals surface area contributed by atoms with Crippen LogP contribution in [0.2, 0.25) is 0 Å². The second kappa shape index (κ2) is 7.97. The first-order chi connectivity index (χ1) is 15.1. The number of oxazole rings is 1. The van der Waals surface area contributed by atoms with E-state index in [4.69, 9.17) is 4.42 Å². The van der Waals surface area contributed by atoms with Crippen molar-refractivity contribution in [3.05, 3.63) is 59.1 Å². The number of amides is 2. The van der Waals surface area contributed by atoms with Gasteiger partial charge in [-0.25, -0.2) is 10.4 Å². The van der Waals surface area contributed by atoms with Crippen molar-refractivity contribution in [2.24, 2.45) is 0 Å². The Labute approximate surface area is 181 Å². The van der Waals surface area contributed by atoms with Crippen molar-refractivity contribution in [1.29, 1.82) is 0 Å². The second-order valence-corrected chi connectivity index (χ2v) is 8.04. The van der Waals surface area contributed by atoms with E-state index in [1.807, 2.05) is 13.8 Å². The summed E-state index contributed by atoms with van der Waals surface area (Å²) in [6.07, 6.45) is -4.26. The van der Waals surface area contributed by atoms with Gasteiger partial charge in [-0.05, 0) is 18.4 Å². The molecule has 3 N–H and O–H groups in total. The molecule has 11 heteroatoms. The summed E-state index contributed by atoms with van der Waals surface area (Å²) < 4.78 is 46.7. The average molecular weight is 449 g/mol. The highest BCUT2D eigenvalue weighted by Gasteiger charge is 2.58. The molecule has 2 aliphatic rings. The van der Waals surface area contributed by atoms with Crippen LogP contribution in [0, 0.1) is 0 Å². The highest BCUT2D eigenvalue weighted by molar-refractivity contribution is 6.23. The third-order valence-corrected chi connectivity index (χ3v) is 5.53. The molecule has 1 fully saturated rings. The van der Waals surface area contributed by atoms with E-state index in [1.54, 1.807) is 30.3 Å². The monoisotopic (exact) mass is 449 g/mol. The van der Waals surface area contributed by atoms with Crippen molar-refractivity contribution in [1.82, 2.24) is 20.7 Å². The van der Waals surface area contributed by atoms with Crippen molar-refractivity contribution >= 4 is 17.8 Å². The van der Waals surface area contributed by atoms with E-state index in [0.29, 0.717) is 11.3 Å². The van der Waals surface area contributed by atoms with Gasteiger partial charge in [-0.15, -0.1) is 0 Å². The van der Waals surface area contributed by atoms with Gasteiger partial charge in [0.25, 0.3) is 11.8 Å². The molecule has 1 aromatic carbocycles. The van der Waals surface area contributed by atoms with E-state index in [-0.39, 0.29) is 23.2 Å². The van der Waals surface area contributed by atoms with Gasteiger partial charge in [-0.2, -0.15) is 18.2 Å². The number of fused-ring (bicyclic) bond motifs is 1. The van der Waals surface area contributed by atoms with Crippen LogP contribution in [-0.2, 0) is 9.59 Å². The van der Waals surface area contributed by atoms with Crippen LogP contribution in [0.3, 0.4) is 0 Å².